The molecule has 0 spiro atoms. The molecule has 0 saturated carbocycles. The van der Waals surface area contributed by atoms with Crippen LogP contribution in [0.1, 0.15) is 110 Å². The van der Waals surface area contributed by atoms with Crippen molar-refractivity contribution in [2.45, 2.75) is 207 Å². The SMILES string of the molecule is C=C.C=C.C=C.C=C.C=C.C=C(C)C(=O)C[Si](C)(C)O[Si](C)(C)O[Si](C)(C)COC(=O)C(C)C.CCCC[Si](C)(C)O[Si](C)(C)O[Si](C)(C)COC(=O)C(C)C.CCO[Si](C)(COC(=O)C(C)C)OCC.COC(=O)C(C)C.CO[Si](COC(=O)C(C)C)(OC)OC. The van der Waals surface area contributed by atoms with Gasteiger partial charge in [0.2, 0.25) is 16.6 Å². The maximum Gasteiger partial charge on any atom is 0.539 e. The van der Waals surface area contributed by atoms with Gasteiger partial charge in [0, 0.05) is 40.6 Å². The minimum Gasteiger partial charge on any atom is -0.469 e. The van der Waals surface area contributed by atoms with Crippen molar-refractivity contribution in [2.75, 3.05) is 66.6 Å². The number of hydrogen-bond acceptors (Lipinski definition) is 20. The molecule has 0 aliphatic carbocycles. The Kier molecular flexibility index (Phi) is 72.2. The van der Waals surface area contributed by atoms with Crippen molar-refractivity contribution in [3.63, 3.8) is 0 Å². The number of ether oxygens (including phenoxy) is 5. The summed E-state index contributed by atoms with van der Waals surface area (Å²) in [4.78, 5) is 68.0. The average molecular weight is 1450 g/mol. The van der Waals surface area contributed by atoms with Crippen molar-refractivity contribution in [3.05, 3.63) is 77.9 Å². The van der Waals surface area contributed by atoms with Crippen LogP contribution in [0.3, 0.4) is 0 Å². The fraction of sp³-hybridized carbons (Fsp3) is 0.719. The van der Waals surface area contributed by atoms with Gasteiger partial charge in [-0.05, 0) is 117 Å². The second-order valence-electron chi connectivity index (χ2n) is 24.8. The third-order valence-electron chi connectivity index (χ3n) is 10.7. The van der Waals surface area contributed by atoms with Crippen LogP contribution in [-0.4, -0.2) is 170 Å². The fourth-order valence-corrected chi connectivity index (χ4v) is 36.8. The lowest BCUT2D eigenvalue weighted by Crippen LogP contribution is -2.54. The highest BCUT2D eigenvalue weighted by Gasteiger charge is 2.43. The Labute approximate surface area is 572 Å². The van der Waals surface area contributed by atoms with Gasteiger partial charge in [0.25, 0.3) is 0 Å². The summed E-state index contributed by atoms with van der Waals surface area (Å²) >= 11 is 0. The molecule has 0 bridgehead atoms. The van der Waals surface area contributed by atoms with Gasteiger partial charge < -0.3 is 62.3 Å². The number of carbonyl (C=O) groups is 6. The van der Waals surface area contributed by atoms with Gasteiger partial charge in [0.1, 0.15) is 18.7 Å². The smallest absolute Gasteiger partial charge is 0.469 e. The van der Waals surface area contributed by atoms with E-state index in [-0.39, 0.29) is 77.7 Å². The Morgan fingerprint density at radius 3 is 0.870 bits per heavy atom. The number of hydrogen-bond donors (Lipinski definition) is 0. The summed E-state index contributed by atoms with van der Waals surface area (Å²) in [6.45, 7) is 87.7. The first-order valence-electron chi connectivity index (χ1n) is 31.2. The van der Waals surface area contributed by atoms with E-state index in [9.17, 15) is 28.8 Å². The molecule has 0 unspecified atom stereocenters. The molecule has 0 N–H and O–H groups in total. The standard InChI is InChI=1S/C16H34O5Si3.C15H36O4Si3.C10H22O4Si.C8H18O5Si.C5H10O2.5C2H4/c1-13(2)15(17)11-22(5,6)20-24(9,10)21-23(7,8)12-19-16(18)14(3)4;1-10-11-12-20(4,5)18-22(8,9)19-21(6,7)13-17-15(16)14(2)3;1-6-13-15(5,14-7-2)8-12-10(11)9(3)4;1-7(2)8(9)13-6-14(10-3,11-4)12-5;1-4(2)5(6)7-3;5*1-2/h14H,1,11-12H2,2-10H3;14H,10-13H2,1-9H3;9H,6-8H2,1-5H3;7H,6H2,1-5H3;4H,1-3H3;5*1-2H2. The number of ketones is 1. The van der Waals surface area contributed by atoms with E-state index >= 15 is 0 Å². The number of Topliss-reactive ketones (excluding diaryl/α,β-unsaturated/α-hetero) is 1. The molecule has 20 nitrogen and oxygen atoms in total. The van der Waals surface area contributed by atoms with E-state index in [2.05, 4.69) is 123 Å². The van der Waals surface area contributed by atoms with E-state index < -0.39 is 67.8 Å². The minimum absolute atomic E-state index is 0.00463. The molecule has 548 valence electrons. The Bertz CT molecular complexity index is 1900. The Morgan fingerprint density at radius 1 is 0.380 bits per heavy atom. The zero-order valence-corrected chi connectivity index (χ0v) is 72.4. The molecule has 0 atom stereocenters. The second-order valence-corrected chi connectivity index (χ2v) is 55.1. The van der Waals surface area contributed by atoms with Crippen molar-refractivity contribution in [1.82, 2.24) is 0 Å². The predicted molar refractivity (Wildman–Crippen MR) is 402 cm³/mol. The van der Waals surface area contributed by atoms with Crippen molar-refractivity contribution < 1.29 is 91.0 Å². The molecule has 0 aliphatic rings. The topological polar surface area (TPSA) is 232 Å². The van der Waals surface area contributed by atoms with Crippen LogP contribution in [-0.2, 0) is 91.0 Å². The molecule has 0 aromatic rings. The first-order valence-corrected chi connectivity index (χ1v) is 53.7. The average Bonchev–Trinajstić information content (AvgIpc) is 0.958. The quantitative estimate of drug-likeness (QED) is 0.0192. The van der Waals surface area contributed by atoms with Crippen LogP contribution in [0, 0.1) is 29.6 Å². The van der Waals surface area contributed by atoms with Crippen LogP contribution in [0.15, 0.2) is 77.9 Å². The number of unbranched alkanes of at least 4 members (excludes halogenated alkanes) is 1. The van der Waals surface area contributed by atoms with Crippen LogP contribution in [0.25, 0.3) is 0 Å². The van der Waals surface area contributed by atoms with Gasteiger partial charge in [-0.2, -0.15) is 0 Å². The third kappa shape index (κ3) is 66.8. The summed E-state index contributed by atoms with van der Waals surface area (Å²) in [6.07, 6.45) is 3.46. The maximum absolute atomic E-state index is 12.0. The van der Waals surface area contributed by atoms with Gasteiger partial charge in [0.05, 0.1) is 36.7 Å². The van der Waals surface area contributed by atoms with Gasteiger partial charge in [0.15, 0.2) is 28.6 Å². The number of esters is 5. The lowest BCUT2D eigenvalue weighted by molar-refractivity contribution is -0.147. The molecular weight excluding hydrogens is 1310 g/mol. The largest absolute Gasteiger partial charge is 0.539 e. The number of methoxy groups -OCH3 is 1. The summed E-state index contributed by atoms with van der Waals surface area (Å²) in [5.41, 5.74) is 0.565. The van der Waals surface area contributed by atoms with Gasteiger partial charge >= 0.3 is 64.3 Å². The van der Waals surface area contributed by atoms with E-state index in [1.807, 2.05) is 101 Å². The molecule has 0 heterocycles. The van der Waals surface area contributed by atoms with Crippen LogP contribution >= 0.6 is 0 Å². The highest BCUT2D eigenvalue weighted by atomic mass is 28.5. The Hall–Kier alpha value is -3.16. The first kappa shape index (κ1) is 110. The van der Waals surface area contributed by atoms with Crippen LogP contribution in [0.2, 0.25) is 97.2 Å². The predicted octanol–water partition coefficient (Wildman–Crippen LogP) is 16.0. The van der Waals surface area contributed by atoms with Crippen molar-refractivity contribution in [2.24, 2.45) is 29.6 Å². The lowest BCUT2D eigenvalue weighted by atomic mass is 10.2. The minimum atomic E-state index is -2.77. The molecule has 28 heteroatoms. The molecule has 0 amide bonds. The molecule has 0 aromatic carbocycles. The zero-order valence-electron chi connectivity index (χ0n) is 64.4. The first-order chi connectivity index (χ1) is 42.0. The summed E-state index contributed by atoms with van der Waals surface area (Å²) < 4.78 is 77.1. The molecule has 0 rings (SSSR count). The highest BCUT2D eigenvalue weighted by Crippen LogP contribution is 2.26. The van der Waals surface area contributed by atoms with Crippen LogP contribution in [0.5, 0.6) is 0 Å². The zero-order chi connectivity index (χ0) is 75.9. The maximum atomic E-state index is 12.0. The van der Waals surface area contributed by atoms with E-state index in [1.54, 1.807) is 34.6 Å². The van der Waals surface area contributed by atoms with Gasteiger partial charge in [-0.25, -0.2) is 0 Å². The van der Waals surface area contributed by atoms with Gasteiger partial charge in [-0.1, -0.05) is 95.6 Å². The van der Waals surface area contributed by atoms with E-state index in [1.165, 1.54) is 47.3 Å². The Morgan fingerprint density at radius 2 is 0.641 bits per heavy atom. The second kappa shape index (κ2) is 60.3. The molecule has 92 heavy (non-hydrogen) atoms. The lowest BCUT2D eigenvalue weighted by Gasteiger charge is -2.38. The molecule has 0 radical (unpaired) electrons. The monoisotopic (exact) mass is 1450 g/mol. The van der Waals surface area contributed by atoms with Gasteiger partial charge in [-0.15, -0.1) is 65.8 Å². The van der Waals surface area contributed by atoms with E-state index in [4.69, 9.17) is 57.5 Å². The molecular formula is C64H140O20Si8. The number of allylic oxidation sites excluding steroid dienone is 1. The van der Waals surface area contributed by atoms with Crippen molar-refractivity contribution in [1.29, 1.82) is 0 Å². The number of rotatable bonds is 34. The van der Waals surface area contributed by atoms with Crippen molar-refractivity contribution >= 4 is 103 Å². The molecule has 0 saturated heterocycles. The highest BCUT2D eigenvalue weighted by molar-refractivity contribution is 6.89. The summed E-state index contributed by atoms with van der Waals surface area (Å²) in [5, 5.41) is 0. The normalized spacial score (nSPS) is 11.3. The fourth-order valence-electron chi connectivity index (χ4n) is 6.91. The van der Waals surface area contributed by atoms with E-state index in [0.29, 0.717) is 37.3 Å². The number of carbonyl (C=O) groups excluding carboxylic acids is 6. The van der Waals surface area contributed by atoms with E-state index in [0.717, 1.165) is 0 Å². The van der Waals surface area contributed by atoms with Crippen molar-refractivity contribution in [3.8, 4) is 0 Å². The summed E-state index contributed by atoms with van der Waals surface area (Å²) in [7, 11) is -12.0. The molecule has 0 fully saturated rings. The summed E-state index contributed by atoms with van der Waals surface area (Å²) in [6, 6.07) is 1.58. The van der Waals surface area contributed by atoms with Gasteiger partial charge in [-0.3, -0.25) is 28.8 Å². The third-order valence-corrected chi connectivity index (χ3v) is 36.6. The van der Waals surface area contributed by atoms with Crippen LogP contribution in [0.4, 0.5) is 0 Å². The molecule has 0 aliphatic heterocycles. The molecule has 0 aromatic heterocycles. The Balaban J connectivity index is -0.000000114. The summed E-state index contributed by atoms with van der Waals surface area (Å²) in [5.74, 6) is -1.44. The van der Waals surface area contributed by atoms with Crippen LogP contribution < -0.4 is 0 Å².